The molecule has 2 aliphatic heterocycles. The number of nitrogens with zero attached hydrogens (tertiary/aromatic N) is 3. The third-order valence-electron chi connectivity index (χ3n) is 4.83. The van der Waals surface area contributed by atoms with E-state index in [0.717, 1.165) is 30.2 Å². The maximum atomic E-state index is 11.6. The SMILES string of the molecule is CC(=O)N1CCC(Oc2cc(Oc3ccc(/C=C4\SC(=O)NC4=O)cc3)ncn2)CC1. The third-order valence-corrected chi connectivity index (χ3v) is 5.64. The number of rotatable bonds is 5. The first-order valence-electron chi connectivity index (χ1n) is 9.73. The summed E-state index contributed by atoms with van der Waals surface area (Å²) in [6.07, 6.45) is 4.50. The van der Waals surface area contributed by atoms with Crippen LogP contribution in [-0.4, -0.2) is 51.1 Å². The Balaban J connectivity index is 1.36. The van der Waals surface area contributed by atoms with E-state index in [0.29, 0.717) is 35.5 Å². The summed E-state index contributed by atoms with van der Waals surface area (Å²) in [7, 11) is 0. The van der Waals surface area contributed by atoms with Gasteiger partial charge in [-0.25, -0.2) is 9.97 Å². The largest absolute Gasteiger partial charge is 0.474 e. The number of carbonyl (C=O) groups excluding carboxylic acids is 3. The van der Waals surface area contributed by atoms with E-state index >= 15 is 0 Å². The van der Waals surface area contributed by atoms with E-state index in [1.807, 2.05) is 4.90 Å². The standard InChI is InChI=1S/C21H20N4O5S/c1-13(26)25-8-6-16(7-9-25)30-19-11-18(22-12-23-19)29-15-4-2-14(3-5-15)10-17-20(27)24-21(28)31-17/h2-5,10-12,16H,6-9H2,1H3,(H,24,27,28)/b17-10-. The summed E-state index contributed by atoms with van der Waals surface area (Å²) in [6.45, 7) is 2.92. The average Bonchev–Trinajstić information content (AvgIpc) is 3.07. The van der Waals surface area contributed by atoms with Crippen molar-refractivity contribution in [2.45, 2.75) is 25.9 Å². The van der Waals surface area contributed by atoms with Crippen LogP contribution in [0.5, 0.6) is 17.5 Å². The lowest BCUT2D eigenvalue weighted by molar-refractivity contribution is -0.130. The highest BCUT2D eigenvalue weighted by atomic mass is 32.2. The zero-order valence-electron chi connectivity index (χ0n) is 16.7. The van der Waals surface area contributed by atoms with Crippen molar-refractivity contribution in [1.29, 1.82) is 0 Å². The first-order chi connectivity index (χ1) is 15.0. The quantitative estimate of drug-likeness (QED) is 0.707. The third kappa shape index (κ3) is 5.40. The van der Waals surface area contributed by atoms with E-state index in [4.69, 9.17) is 9.47 Å². The van der Waals surface area contributed by atoms with Crippen LogP contribution < -0.4 is 14.8 Å². The van der Waals surface area contributed by atoms with Crippen molar-refractivity contribution in [3.8, 4) is 17.5 Å². The Hall–Kier alpha value is -3.40. The lowest BCUT2D eigenvalue weighted by Gasteiger charge is -2.31. The molecule has 0 bridgehead atoms. The molecule has 9 nitrogen and oxygen atoms in total. The number of imide groups is 1. The van der Waals surface area contributed by atoms with Gasteiger partial charge in [-0.15, -0.1) is 0 Å². The molecule has 2 fully saturated rings. The van der Waals surface area contributed by atoms with E-state index in [1.165, 1.54) is 6.33 Å². The molecule has 160 valence electrons. The Bertz CT molecular complexity index is 1030. The molecule has 2 aromatic rings. The Morgan fingerprint density at radius 3 is 2.52 bits per heavy atom. The summed E-state index contributed by atoms with van der Waals surface area (Å²) in [5.41, 5.74) is 0.767. The van der Waals surface area contributed by atoms with Crippen LogP contribution in [0.4, 0.5) is 4.79 Å². The van der Waals surface area contributed by atoms with Gasteiger partial charge in [0.15, 0.2) is 0 Å². The molecule has 0 unspecified atom stereocenters. The van der Waals surface area contributed by atoms with Gasteiger partial charge in [0.2, 0.25) is 17.7 Å². The Labute approximate surface area is 182 Å². The summed E-state index contributed by atoms with van der Waals surface area (Å²) in [5, 5.41) is 1.85. The normalized spacial score (nSPS) is 18.2. The number of ether oxygens (including phenoxy) is 2. The van der Waals surface area contributed by atoms with Gasteiger partial charge in [-0.3, -0.25) is 19.7 Å². The molecule has 4 rings (SSSR count). The molecular weight excluding hydrogens is 420 g/mol. The maximum Gasteiger partial charge on any atom is 0.290 e. The summed E-state index contributed by atoms with van der Waals surface area (Å²) < 4.78 is 11.7. The zero-order valence-corrected chi connectivity index (χ0v) is 17.6. The number of amides is 3. The highest BCUT2D eigenvalue weighted by Gasteiger charge is 2.25. The van der Waals surface area contributed by atoms with Crippen molar-refractivity contribution in [3.05, 3.63) is 47.1 Å². The van der Waals surface area contributed by atoms with Gasteiger partial charge in [0.05, 0.1) is 11.0 Å². The number of thioether (sulfide) groups is 1. The molecule has 1 aromatic carbocycles. The van der Waals surface area contributed by atoms with Gasteiger partial charge in [0.1, 0.15) is 18.2 Å². The molecule has 1 aromatic heterocycles. The Morgan fingerprint density at radius 2 is 1.87 bits per heavy atom. The van der Waals surface area contributed by atoms with E-state index in [1.54, 1.807) is 43.3 Å². The summed E-state index contributed by atoms with van der Waals surface area (Å²) >= 11 is 0.873. The van der Waals surface area contributed by atoms with Crippen LogP contribution in [0, 0.1) is 0 Å². The molecule has 1 N–H and O–H groups in total. The molecular formula is C21H20N4O5S. The topological polar surface area (TPSA) is 111 Å². The number of carbonyl (C=O) groups is 3. The molecule has 3 amide bonds. The van der Waals surface area contributed by atoms with Crippen LogP contribution in [0.3, 0.4) is 0 Å². The molecule has 0 atom stereocenters. The highest BCUT2D eigenvalue weighted by molar-refractivity contribution is 8.18. The summed E-state index contributed by atoms with van der Waals surface area (Å²) in [6, 6.07) is 8.66. The minimum Gasteiger partial charge on any atom is -0.474 e. The fourth-order valence-corrected chi connectivity index (χ4v) is 3.91. The molecule has 10 heteroatoms. The molecule has 0 spiro atoms. The minimum absolute atomic E-state index is 0.0109. The van der Waals surface area contributed by atoms with Crippen LogP contribution in [-0.2, 0) is 9.59 Å². The van der Waals surface area contributed by atoms with Crippen LogP contribution in [0.15, 0.2) is 41.6 Å². The fourth-order valence-electron chi connectivity index (χ4n) is 3.23. The number of hydrogen-bond donors (Lipinski definition) is 1. The van der Waals surface area contributed by atoms with Crippen molar-refractivity contribution in [1.82, 2.24) is 20.2 Å². The molecule has 2 aliphatic rings. The van der Waals surface area contributed by atoms with Crippen LogP contribution in [0.1, 0.15) is 25.3 Å². The first-order valence-corrected chi connectivity index (χ1v) is 10.5. The van der Waals surface area contributed by atoms with Gasteiger partial charge >= 0.3 is 0 Å². The number of aromatic nitrogens is 2. The zero-order chi connectivity index (χ0) is 21.8. The predicted molar refractivity (Wildman–Crippen MR) is 114 cm³/mol. The second kappa shape index (κ2) is 9.17. The van der Waals surface area contributed by atoms with Gasteiger partial charge < -0.3 is 14.4 Å². The van der Waals surface area contributed by atoms with Gasteiger partial charge in [-0.05, 0) is 35.5 Å². The van der Waals surface area contributed by atoms with Crippen molar-refractivity contribution >= 4 is 34.9 Å². The van der Waals surface area contributed by atoms with Gasteiger partial charge in [0.25, 0.3) is 11.1 Å². The second-order valence-corrected chi connectivity index (χ2v) is 8.06. The van der Waals surface area contributed by atoms with E-state index in [9.17, 15) is 14.4 Å². The minimum atomic E-state index is -0.393. The molecule has 2 saturated heterocycles. The van der Waals surface area contributed by atoms with Crippen molar-refractivity contribution in [3.63, 3.8) is 0 Å². The molecule has 31 heavy (non-hydrogen) atoms. The Kier molecular flexibility index (Phi) is 6.17. The van der Waals surface area contributed by atoms with E-state index < -0.39 is 5.91 Å². The lowest BCUT2D eigenvalue weighted by Crippen LogP contribution is -2.40. The first kappa shape index (κ1) is 20.9. The molecule has 0 aliphatic carbocycles. The summed E-state index contributed by atoms with van der Waals surface area (Å²) in [5.74, 6) is 1.00. The Morgan fingerprint density at radius 1 is 1.16 bits per heavy atom. The highest BCUT2D eigenvalue weighted by Crippen LogP contribution is 2.27. The lowest BCUT2D eigenvalue weighted by atomic mass is 10.1. The number of likely N-dealkylation sites (tertiary alicyclic amines) is 1. The average molecular weight is 440 g/mol. The number of hydrogen-bond acceptors (Lipinski definition) is 8. The van der Waals surface area contributed by atoms with Crippen LogP contribution >= 0.6 is 11.8 Å². The van der Waals surface area contributed by atoms with Crippen molar-refractivity contribution in [2.24, 2.45) is 0 Å². The van der Waals surface area contributed by atoms with E-state index in [-0.39, 0.29) is 17.3 Å². The van der Waals surface area contributed by atoms with Crippen molar-refractivity contribution in [2.75, 3.05) is 13.1 Å². The molecule has 0 radical (unpaired) electrons. The maximum absolute atomic E-state index is 11.6. The fraction of sp³-hybridized carbons (Fsp3) is 0.286. The van der Waals surface area contributed by atoms with Gasteiger partial charge in [-0.1, -0.05) is 12.1 Å². The van der Waals surface area contributed by atoms with Crippen LogP contribution in [0.25, 0.3) is 6.08 Å². The summed E-state index contributed by atoms with van der Waals surface area (Å²) in [4.78, 5) is 44.7. The molecule has 0 saturated carbocycles. The van der Waals surface area contributed by atoms with Crippen molar-refractivity contribution < 1.29 is 23.9 Å². The van der Waals surface area contributed by atoms with Gasteiger partial charge in [-0.2, -0.15) is 0 Å². The monoisotopic (exact) mass is 440 g/mol. The number of benzene rings is 1. The smallest absolute Gasteiger partial charge is 0.290 e. The number of nitrogens with one attached hydrogen (secondary N) is 1. The van der Waals surface area contributed by atoms with E-state index in [2.05, 4.69) is 15.3 Å². The molecule has 3 heterocycles. The van der Waals surface area contributed by atoms with Crippen LogP contribution in [0.2, 0.25) is 0 Å². The number of piperidine rings is 1. The predicted octanol–water partition coefficient (Wildman–Crippen LogP) is 2.98. The van der Waals surface area contributed by atoms with Gasteiger partial charge in [0, 0.05) is 32.9 Å². The second-order valence-electron chi connectivity index (χ2n) is 7.04.